The molecule has 2 rings (SSSR count). The fourth-order valence-corrected chi connectivity index (χ4v) is 1.69. The standard InChI is InChI=1S/C10H9BrFNO/c11-7-2-3-8(9(12)6-7)10(14)13-4-1-5-13/h2-3,6H,1,4-5H2. The molecule has 14 heavy (non-hydrogen) atoms. The summed E-state index contributed by atoms with van der Waals surface area (Å²) >= 11 is 3.15. The number of rotatable bonds is 1. The number of amides is 1. The normalized spacial score (nSPS) is 15.1. The maximum absolute atomic E-state index is 13.3. The maximum Gasteiger partial charge on any atom is 0.256 e. The number of nitrogens with zero attached hydrogens (tertiary/aromatic N) is 1. The summed E-state index contributed by atoms with van der Waals surface area (Å²) in [5, 5.41) is 0. The van der Waals surface area contributed by atoms with Crippen LogP contribution in [0, 0.1) is 5.82 Å². The van der Waals surface area contributed by atoms with E-state index < -0.39 is 5.82 Å². The summed E-state index contributed by atoms with van der Waals surface area (Å²) in [5.41, 5.74) is 0.160. The lowest BCUT2D eigenvalue weighted by molar-refractivity contribution is 0.0647. The Morgan fingerprint density at radius 3 is 2.64 bits per heavy atom. The SMILES string of the molecule is O=C(c1ccc(Br)cc1F)N1CCC1. The number of carbonyl (C=O) groups excluding carboxylic acids is 1. The van der Waals surface area contributed by atoms with Gasteiger partial charge in [0.05, 0.1) is 5.56 Å². The Morgan fingerprint density at radius 2 is 2.14 bits per heavy atom. The van der Waals surface area contributed by atoms with Gasteiger partial charge in [0.25, 0.3) is 5.91 Å². The van der Waals surface area contributed by atoms with E-state index in [1.807, 2.05) is 0 Å². The Balaban J connectivity index is 2.26. The predicted molar refractivity (Wildman–Crippen MR) is 54.6 cm³/mol. The Hall–Kier alpha value is -0.900. The van der Waals surface area contributed by atoms with Gasteiger partial charge in [-0.1, -0.05) is 15.9 Å². The molecule has 0 bridgehead atoms. The molecule has 0 N–H and O–H groups in total. The zero-order chi connectivity index (χ0) is 10.1. The smallest absolute Gasteiger partial charge is 0.256 e. The van der Waals surface area contributed by atoms with Gasteiger partial charge in [-0.3, -0.25) is 4.79 Å². The first-order chi connectivity index (χ1) is 6.68. The zero-order valence-corrected chi connectivity index (χ0v) is 9.05. The van der Waals surface area contributed by atoms with E-state index in [0.717, 1.165) is 19.5 Å². The number of hydrogen-bond donors (Lipinski definition) is 0. The van der Waals surface area contributed by atoms with Crippen molar-refractivity contribution >= 4 is 21.8 Å². The Morgan fingerprint density at radius 1 is 1.43 bits per heavy atom. The van der Waals surface area contributed by atoms with E-state index in [1.165, 1.54) is 12.1 Å². The van der Waals surface area contributed by atoms with Crippen molar-refractivity contribution in [3.05, 3.63) is 34.1 Å². The van der Waals surface area contributed by atoms with Crippen molar-refractivity contribution in [3.8, 4) is 0 Å². The van der Waals surface area contributed by atoms with Crippen LogP contribution in [0.2, 0.25) is 0 Å². The first-order valence-corrected chi connectivity index (χ1v) is 5.22. The Kier molecular flexibility index (Phi) is 2.54. The number of hydrogen-bond acceptors (Lipinski definition) is 1. The minimum atomic E-state index is -0.462. The molecule has 0 spiro atoms. The molecule has 1 fully saturated rings. The van der Waals surface area contributed by atoms with Gasteiger partial charge in [0, 0.05) is 17.6 Å². The van der Waals surface area contributed by atoms with Crippen molar-refractivity contribution in [2.75, 3.05) is 13.1 Å². The van der Waals surface area contributed by atoms with Crippen molar-refractivity contribution in [2.24, 2.45) is 0 Å². The summed E-state index contributed by atoms with van der Waals surface area (Å²) in [7, 11) is 0. The first-order valence-electron chi connectivity index (χ1n) is 4.43. The highest BCUT2D eigenvalue weighted by atomic mass is 79.9. The summed E-state index contributed by atoms with van der Waals surface area (Å²) in [6, 6.07) is 4.50. The van der Waals surface area contributed by atoms with Gasteiger partial charge in [-0.05, 0) is 24.6 Å². The molecule has 2 nitrogen and oxygen atoms in total. The average molecular weight is 258 g/mol. The van der Waals surface area contributed by atoms with E-state index in [0.29, 0.717) is 4.47 Å². The van der Waals surface area contributed by atoms with E-state index in [2.05, 4.69) is 15.9 Å². The second-order valence-corrected chi connectivity index (χ2v) is 4.19. The summed E-state index contributed by atoms with van der Waals surface area (Å²) in [5.74, 6) is -0.669. The van der Waals surface area contributed by atoms with Crippen LogP contribution in [0.3, 0.4) is 0 Å². The van der Waals surface area contributed by atoms with Gasteiger partial charge in [-0.15, -0.1) is 0 Å². The van der Waals surface area contributed by atoms with Crippen LogP contribution in [0.25, 0.3) is 0 Å². The lowest BCUT2D eigenvalue weighted by Gasteiger charge is -2.30. The van der Waals surface area contributed by atoms with Crippen molar-refractivity contribution < 1.29 is 9.18 Å². The third-order valence-electron chi connectivity index (χ3n) is 2.30. The van der Waals surface area contributed by atoms with Crippen LogP contribution >= 0.6 is 15.9 Å². The summed E-state index contributed by atoms with van der Waals surface area (Å²) in [4.78, 5) is 13.3. The summed E-state index contributed by atoms with van der Waals surface area (Å²) < 4.78 is 14.0. The minimum Gasteiger partial charge on any atom is -0.338 e. The number of likely N-dealkylation sites (tertiary alicyclic amines) is 1. The summed E-state index contributed by atoms with van der Waals surface area (Å²) in [6.07, 6.45) is 1.02. The van der Waals surface area contributed by atoms with Gasteiger partial charge in [0.15, 0.2) is 0 Å². The highest BCUT2D eigenvalue weighted by Crippen LogP contribution is 2.19. The molecule has 1 aromatic carbocycles. The fraction of sp³-hybridized carbons (Fsp3) is 0.300. The molecule has 0 saturated carbocycles. The van der Waals surface area contributed by atoms with Crippen LogP contribution < -0.4 is 0 Å². The second-order valence-electron chi connectivity index (χ2n) is 3.27. The first kappa shape index (κ1) is 9.65. The predicted octanol–water partition coefficient (Wildman–Crippen LogP) is 2.43. The highest BCUT2D eigenvalue weighted by molar-refractivity contribution is 9.10. The molecule has 1 heterocycles. The molecule has 0 aliphatic carbocycles. The third kappa shape index (κ3) is 1.66. The molecule has 1 saturated heterocycles. The van der Waals surface area contributed by atoms with Crippen LogP contribution in [-0.2, 0) is 0 Å². The molecule has 1 amide bonds. The number of halogens is 2. The summed E-state index contributed by atoms with van der Waals surface area (Å²) in [6.45, 7) is 1.49. The fourth-order valence-electron chi connectivity index (χ4n) is 1.35. The molecular formula is C10H9BrFNO. The lowest BCUT2D eigenvalue weighted by Crippen LogP contribution is -2.42. The lowest BCUT2D eigenvalue weighted by atomic mass is 10.1. The molecular weight excluding hydrogens is 249 g/mol. The Bertz CT molecular complexity index is 376. The minimum absolute atomic E-state index is 0.160. The van der Waals surface area contributed by atoms with Crippen molar-refractivity contribution in [1.82, 2.24) is 4.90 Å². The van der Waals surface area contributed by atoms with E-state index in [9.17, 15) is 9.18 Å². The van der Waals surface area contributed by atoms with Crippen LogP contribution in [0.4, 0.5) is 4.39 Å². The molecule has 0 unspecified atom stereocenters. The number of carbonyl (C=O) groups is 1. The van der Waals surface area contributed by atoms with Gasteiger partial charge >= 0.3 is 0 Å². The molecule has 74 valence electrons. The molecule has 0 radical (unpaired) electrons. The van der Waals surface area contributed by atoms with E-state index >= 15 is 0 Å². The molecule has 0 aromatic heterocycles. The van der Waals surface area contributed by atoms with E-state index in [4.69, 9.17) is 0 Å². The highest BCUT2D eigenvalue weighted by Gasteiger charge is 2.23. The average Bonchev–Trinajstić information content (AvgIpc) is 2.00. The van der Waals surface area contributed by atoms with Gasteiger partial charge in [-0.25, -0.2) is 4.39 Å². The van der Waals surface area contributed by atoms with Crippen molar-refractivity contribution in [2.45, 2.75) is 6.42 Å². The van der Waals surface area contributed by atoms with Crippen LogP contribution in [-0.4, -0.2) is 23.9 Å². The van der Waals surface area contributed by atoms with Crippen LogP contribution in [0.15, 0.2) is 22.7 Å². The van der Waals surface area contributed by atoms with E-state index in [-0.39, 0.29) is 11.5 Å². The molecule has 1 aliphatic rings. The van der Waals surface area contributed by atoms with E-state index in [1.54, 1.807) is 11.0 Å². The van der Waals surface area contributed by atoms with Gasteiger partial charge in [0.1, 0.15) is 5.82 Å². The largest absolute Gasteiger partial charge is 0.338 e. The van der Waals surface area contributed by atoms with Crippen molar-refractivity contribution in [3.63, 3.8) is 0 Å². The molecule has 1 aliphatic heterocycles. The second kappa shape index (κ2) is 3.69. The van der Waals surface area contributed by atoms with Crippen LogP contribution in [0.1, 0.15) is 16.8 Å². The van der Waals surface area contributed by atoms with Crippen LogP contribution in [0.5, 0.6) is 0 Å². The van der Waals surface area contributed by atoms with Crippen molar-refractivity contribution in [1.29, 1.82) is 0 Å². The quantitative estimate of drug-likeness (QED) is 0.757. The molecule has 1 aromatic rings. The molecule has 4 heteroatoms. The molecule has 0 atom stereocenters. The van der Waals surface area contributed by atoms with Gasteiger partial charge in [-0.2, -0.15) is 0 Å². The third-order valence-corrected chi connectivity index (χ3v) is 2.80. The zero-order valence-electron chi connectivity index (χ0n) is 7.46. The van der Waals surface area contributed by atoms with Gasteiger partial charge in [0.2, 0.25) is 0 Å². The number of benzene rings is 1. The monoisotopic (exact) mass is 257 g/mol. The Labute approximate surface area is 89.8 Å². The maximum atomic E-state index is 13.3. The van der Waals surface area contributed by atoms with Gasteiger partial charge < -0.3 is 4.90 Å². The topological polar surface area (TPSA) is 20.3 Å².